The van der Waals surface area contributed by atoms with Crippen molar-refractivity contribution < 1.29 is 4.79 Å². The molecule has 3 aromatic rings. The number of aryl methyl sites for hydroxylation is 1. The summed E-state index contributed by atoms with van der Waals surface area (Å²) < 4.78 is 1.35. The van der Waals surface area contributed by atoms with Gasteiger partial charge in [-0.3, -0.25) is 14.2 Å². The highest BCUT2D eigenvalue weighted by atomic mass is 35.5. The first kappa shape index (κ1) is 18.8. The number of amides is 1. The molecule has 2 aromatic heterocycles. The van der Waals surface area contributed by atoms with Gasteiger partial charge in [0.15, 0.2) is 0 Å². The molecule has 1 aliphatic carbocycles. The Morgan fingerprint density at radius 3 is 3.00 bits per heavy atom. The molecule has 8 heteroatoms. The first-order valence-electron chi connectivity index (χ1n) is 9.08. The summed E-state index contributed by atoms with van der Waals surface area (Å²) in [5.41, 5.74) is 4.21. The molecule has 1 N–H and O–H groups in total. The summed E-state index contributed by atoms with van der Waals surface area (Å²) in [6.07, 6.45) is 5.94. The van der Waals surface area contributed by atoms with Crippen molar-refractivity contribution in [2.75, 3.05) is 0 Å². The first-order valence-corrected chi connectivity index (χ1v) is 10.3. The van der Waals surface area contributed by atoms with E-state index in [0.717, 1.165) is 35.2 Å². The molecule has 1 amide bonds. The topological polar surface area (TPSA) is 76.3 Å². The van der Waals surface area contributed by atoms with Gasteiger partial charge in [-0.05, 0) is 48.4 Å². The lowest BCUT2D eigenvalue weighted by Crippen LogP contribution is -2.30. The second kappa shape index (κ2) is 7.85. The summed E-state index contributed by atoms with van der Waals surface area (Å²) in [5.74, 6) is 0.248. The predicted molar refractivity (Wildman–Crippen MR) is 112 cm³/mol. The molecule has 0 bridgehead atoms. The Hall–Kier alpha value is -2.51. The maximum absolute atomic E-state index is 12.9. The minimum atomic E-state index is -0.383. The van der Waals surface area contributed by atoms with Crippen molar-refractivity contribution in [1.29, 1.82) is 0 Å². The summed E-state index contributed by atoms with van der Waals surface area (Å²) in [5, 5.41) is 5.23. The zero-order chi connectivity index (χ0) is 19.7. The summed E-state index contributed by atoms with van der Waals surface area (Å²) in [6, 6.07) is 7.07. The Labute approximate surface area is 170 Å². The van der Waals surface area contributed by atoms with Crippen molar-refractivity contribution in [1.82, 2.24) is 15.0 Å². The normalized spacial score (nSPS) is 16.4. The number of hydrogen-bond acceptors (Lipinski definition) is 5. The number of aromatic nitrogens is 2. The van der Waals surface area contributed by atoms with Crippen molar-refractivity contribution in [3.63, 3.8) is 0 Å². The van der Waals surface area contributed by atoms with Crippen LogP contribution in [0.5, 0.6) is 0 Å². The maximum atomic E-state index is 12.9. The Kier molecular flexibility index (Phi) is 5.28. The van der Waals surface area contributed by atoms with Gasteiger partial charge in [-0.15, -0.1) is 11.3 Å². The molecular formula is C20H19ClN4O2S. The van der Waals surface area contributed by atoms with E-state index >= 15 is 0 Å². The van der Waals surface area contributed by atoms with Crippen LogP contribution in [0.15, 0.2) is 40.5 Å². The Bertz CT molecular complexity index is 1120. The second-order valence-electron chi connectivity index (χ2n) is 7.05. The monoisotopic (exact) mass is 414 g/mol. The van der Waals surface area contributed by atoms with E-state index in [1.807, 2.05) is 0 Å². The average Bonchev–Trinajstić information content (AvgIpc) is 3.04. The summed E-state index contributed by atoms with van der Waals surface area (Å²) in [4.78, 5) is 31.5. The van der Waals surface area contributed by atoms with E-state index in [1.165, 1.54) is 22.0 Å². The van der Waals surface area contributed by atoms with Crippen LogP contribution < -0.4 is 11.0 Å². The van der Waals surface area contributed by atoms with Gasteiger partial charge < -0.3 is 0 Å². The van der Waals surface area contributed by atoms with Crippen molar-refractivity contribution in [3.05, 3.63) is 62.0 Å². The largest absolute Gasteiger partial charge is 0.289 e. The van der Waals surface area contributed by atoms with E-state index in [2.05, 4.69) is 22.4 Å². The van der Waals surface area contributed by atoms with Gasteiger partial charge in [0.2, 0.25) is 0 Å². The molecule has 144 valence electrons. The van der Waals surface area contributed by atoms with E-state index in [1.54, 1.807) is 35.6 Å². The zero-order valence-corrected chi connectivity index (χ0v) is 16.9. The maximum Gasteiger partial charge on any atom is 0.262 e. The molecule has 1 aliphatic rings. The molecule has 0 radical (unpaired) electrons. The third-order valence-corrected chi connectivity index (χ3v) is 6.28. The minimum Gasteiger partial charge on any atom is -0.289 e. The standard InChI is InChI=1S/C20H19ClN4O2S/c1-12-2-7-15-16(8-12)28-19-18(15)20(27)25(11-22-19)10-17(26)24-23-9-13-3-5-14(21)6-4-13/h3-6,9,11-12H,2,7-8,10H2,1H3,(H,24,26)/b23-9-. The van der Waals surface area contributed by atoms with Gasteiger partial charge in [0, 0.05) is 9.90 Å². The van der Waals surface area contributed by atoms with Crippen LogP contribution >= 0.6 is 22.9 Å². The lowest BCUT2D eigenvalue weighted by Gasteiger charge is -2.17. The minimum absolute atomic E-state index is 0.124. The van der Waals surface area contributed by atoms with Crippen molar-refractivity contribution in [3.8, 4) is 0 Å². The fourth-order valence-electron chi connectivity index (χ4n) is 3.40. The highest BCUT2D eigenvalue weighted by Gasteiger charge is 2.23. The van der Waals surface area contributed by atoms with Crippen LogP contribution in [0.1, 0.15) is 29.3 Å². The van der Waals surface area contributed by atoms with Crippen LogP contribution in [-0.2, 0) is 24.2 Å². The number of carbonyl (C=O) groups excluding carboxylic acids is 1. The average molecular weight is 415 g/mol. The Morgan fingerprint density at radius 1 is 1.43 bits per heavy atom. The highest BCUT2D eigenvalue weighted by molar-refractivity contribution is 7.18. The van der Waals surface area contributed by atoms with E-state index < -0.39 is 0 Å². The van der Waals surface area contributed by atoms with Crippen molar-refractivity contribution in [2.45, 2.75) is 32.7 Å². The molecular weight excluding hydrogens is 396 g/mol. The third kappa shape index (κ3) is 3.86. The fourth-order valence-corrected chi connectivity index (χ4v) is 4.86. The van der Waals surface area contributed by atoms with Gasteiger partial charge in [0.25, 0.3) is 11.5 Å². The van der Waals surface area contributed by atoms with Crippen LogP contribution in [0.2, 0.25) is 5.02 Å². The molecule has 0 fully saturated rings. The predicted octanol–water partition coefficient (Wildman–Crippen LogP) is 3.39. The van der Waals surface area contributed by atoms with Crippen LogP contribution in [0, 0.1) is 5.92 Å². The third-order valence-electron chi connectivity index (χ3n) is 4.87. The van der Waals surface area contributed by atoms with Crippen molar-refractivity contribution >= 4 is 45.3 Å². The number of hydrazone groups is 1. The molecule has 1 aromatic carbocycles. The lowest BCUT2D eigenvalue weighted by atomic mass is 9.89. The Morgan fingerprint density at radius 2 is 2.21 bits per heavy atom. The lowest BCUT2D eigenvalue weighted by molar-refractivity contribution is -0.121. The van der Waals surface area contributed by atoms with Gasteiger partial charge in [-0.25, -0.2) is 10.4 Å². The summed E-state index contributed by atoms with van der Waals surface area (Å²) >= 11 is 7.43. The number of nitrogens with one attached hydrogen (secondary N) is 1. The SMILES string of the molecule is CC1CCc2c(sc3ncn(CC(=O)N/N=C\c4ccc(Cl)cc4)c(=O)c23)C1. The zero-order valence-electron chi connectivity index (χ0n) is 15.3. The molecule has 0 saturated heterocycles. The quantitative estimate of drug-likeness (QED) is 0.525. The van der Waals surface area contributed by atoms with Gasteiger partial charge in [-0.1, -0.05) is 30.7 Å². The highest BCUT2D eigenvalue weighted by Crippen LogP contribution is 2.35. The molecule has 28 heavy (non-hydrogen) atoms. The number of carbonyl (C=O) groups is 1. The van der Waals surface area contributed by atoms with Crippen LogP contribution in [0.25, 0.3) is 10.2 Å². The van der Waals surface area contributed by atoms with Crippen LogP contribution in [-0.4, -0.2) is 21.7 Å². The molecule has 1 unspecified atom stereocenters. The number of fused-ring (bicyclic) bond motifs is 3. The second-order valence-corrected chi connectivity index (χ2v) is 8.57. The van der Waals surface area contributed by atoms with E-state index in [9.17, 15) is 9.59 Å². The molecule has 0 spiro atoms. The number of benzene rings is 1. The number of hydrogen-bond donors (Lipinski definition) is 1. The summed E-state index contributed by atoms with van der Waals surface area (Å²) in [7, 11) is 0. The van der Waals surface area contributed by atoms with E-state index in [-0.39, 0.29) is 18.0 Å². The summed E-state index contributed by atoms with van der Waals surface area (Å²) in [6.45, 7) is 2.11. The van der Waals surface area contributed by atoms with Gasteiger partial charge in [0.1, 0.15) is 11.4 Å². The number of halogens is 1. The molecule has 0 aliphatic heterocycles. The molecule has 6 nitrogen and oxygen atoms in total. The van der Waals surface area contributed by atoms with Gasteiger partial charge >= 0.3 is 0 Å². The van der Waals surface area contributed by atoms with Crippen LogP contribution in [0.3, 0.4) is 0 Å². The fraction of sp³-hybridized carbons (Fsp3) is 0.300. The first-order chi connectivity index (χ1) is 13.5. The van der Waals surface area contributed by atoms with Crippen molar-refractivity contribution in [2.24, 2.45) is 11.0 Å². The molecule has 0 saturated carbocycles. The van der Waals surface area contributed by atoms with E-state index in [4.69, 9.17) is 11.6 Å². The smallest absolute Gasteiger partial charge is 0.262 e. The van der Waals surface area contributed by atoms with Gasteiger partial charge in [0.05, 0.1) is 17.9 Å². The van der Waals surface area contributed by atoms with Crippen LogP contribution in [0.4, 0.5) is 0 Å². The number of nitrogens with zero attached hydrogens (tertiary/aromatic N) is 3. The van der Waals surface area contributed by atoms with Gasteiger partial charge in [-0.2, -0.15) is 5.10 Å². The number of thiophene rings is 1. The molecule has 2 heterocycles. The molecule has 1 atom stereocenters. The molecule has 4 rings (SSSR count). The van der Waals surface area contributed by atoms with E-state index in [0.29, 0.717) is 16.3 Å². The Balaban J connectivity index is 1.50. The number of rotatable bonds is 4.